The Kier molecular flexibility index (Phi) is 4.08. The van der Waals surface area contributed by atoms with Gasteiger partial charge in [0, 0.05) is 31.0 Å². The Balaban J connectivity index is 1.77. The Bertz CT molecular complexity index is 618. The van der Waals surface area contributed by atoms with Crippen LogP contribution >= 0.6 is 11.6 Å². The molecule has 2 amide bonds. The molecule has 1 aliphatic carbocycles. The predicted octanol–water partition coefficient (Wildman–Crippen LogP) is 2.47. The van der Waals surface area contributed by atoms with Crippen molar-refractivity contribution in [3.8, 4) is 0 Å². The van der Waals surface area contributed by atoms with Gasteiger partial charge in [0.15, 0.2) is 0 Å². The van der Waals surface area contributed by atoms with Gasteiger partial charge in [-0.2, -0.15) is 0 Å². The van der Waals surface area contributed by atoms with Gasteiger partial charge in [-0.3, -0.25) is 9.59 Å². The minimum absolute atomic E-state index is 0.0300. The summed E-state index contributed by atoms with van der Waals surface area (Å²) < 4.78 is 13.9. The monoisotopic (exact) mass is 324 g/mol. The molecule has 1 saturated carbocycles. The fraction of sp³-hybridized carbons (Fsp3) is 0.500. The molecule has 3 rings (SSSR count). The summed E-state index contributed by atoms with van der Waals surface area (Å²) in [5, 5.41) is 3.19. The van der Waals surface area contributed by atoms with Crippen LogP contribution in [0.1, 0.15) is 30.1 Å². The third-order valence-corrected chi connectivity index (χ3v) is 4.67. The first-order chi connectivity index (χ1) is 10.5. The van der Waals surface area contributed by atoms with Crippen LogP contribution in [0.25, 0.3) is 0 Å². The van der Waals surface area contributed by atoms with Gasteiger partial charge in [0.25, 0.3) is 5.91 Å². The van der Waals surface area contributed by atoms with Crippen molar-refractivity contribution in [2.75, 3.05) is 13.1 Å². The van der Waals surface area contributed by atoms with E-state index in [0.29, 0.717) is 19.0 Å². The van der Waals surface area contributed by atoms with E-state index in [1.165, 1.54) is 19.1 Å². The van der Waals surface area contributed by atoms with E-state index in [9.17, 15) is 14.0 Å². The van der Waals surface area contributed by atoms with Crippen molar-refractivity contribution in [3.05, 3.63) is 34.6 Å². The molecule has 0 unspecified atom stereocenters. The highest BCUT2D eigenvalue weighted by Gasteiger charge is 2.44. The van der Waals surface area contributed by atoms with Gasteiger partial charge in [0.2, 0.25) is 5.91 Å². The van der Waals surface area contributed by atoms with Crippen LogP contribution in [-0.4, -0.2) is 35.8 Å². The van der Waals surface area contributed by atoms with E-state index in [1.54, 1.807) is 4.90 Å². The van der Waals surface area contributed by atoms with E-state index >= 15 is 0 Å². The van der Waals surface area contributed by atoms with Crippen LogP contribution in [0.4, 0.5) is 4.39 Å². The molecule has 1 aromatic rings. The number of halogens is 2. The molecule has 1 N–H and O–H groups in total. The number of nitrogens with one attached hydrogen (secondary N) is 1. The van der Waals surface area contributed by atoms with E-state index in [1.807, 2.05) is 0 Å². The SMILES string of the molecule is CC(=O)N[C@@H]1CN(C(=O)c2ccc(Cl)cc2F)C[C@H]1C1CC1. The molecule has 4 nitrogen and oxygen atoms in total. The number of hydrogen-bond acceptors (Lipinski definition) is 2. The maximum absolute atomic E-state index is 13.9. The first kappa shape index (κ1) is 15.3. The Morgan fingerprint density at radius 2 is 2.05 bits per heavy atom. The van der Waals surface area contributed by atoms with Gasteiger partial charge in [-0.1, -0.05) is 11.6 Å². The van der Waals surface area contributed by atoms with Crippen LogP contribution in [0.3, 0.4) is 0 Å². The molecule has 2 aliphatic rings. The van der Waals surface area contributed by atoms with Gasteiger partial charge >= 0.3 is 0 Å². The van der Waals surface area contributed by atoms with Crippen molar-refractivity contribution in [1.82, 2.24) is 10.2 Å². The average molecular weight is 325 g/mol. The maximum atomic E-state index is 13.9. The fourth-order valence-electron chi connectivity index (χ4n) is 3.24. The van der Waals surface area contributed by atoms with E-state index in [2.05, 4.69) is 5.32 Å². The average Bonchev–Trinajstić information content (AvgIpc) is 3.19. The number of benzene rings is 1. The molecule has 1 aliphatic heterocycles. The summed E-state index contributed by atoms with van der Waals surface area (Å²) in [6, 6.07) is 4.04. The number of nitrogens with zero attached hydrogens (tertiary/aromatic N) is 1. The smallest absolute Gasteiger partial charge is 0.256 e. The van der Waals surface area contributed by atoms with Crippen molar-refractivity contribution in [2.24, 2.45) is 11.8 Å². The summed E-state index contributed by atoms with van der Waals surface area (Å²) in [6.45, 7) is 2.48. The molecule has 0 radical (unpaired) electrons. The number of rotatable bonds is 3. The van der Waals surface area contributed by atoms with E-state index < -0.39 is 5.82 Å². The molecule has 1 heterocycles. The largest absolute Gasteiger partial charge is 0.351 e. The lowest BCUT2D eigenvalue weighted by molar-refractivity contribution is -0.119. The highest BCUT2D eigenvalue weighted by molar-refractivity contribution is 6.30. The zero-order chi connectivity index (χ0) is 15.9. The number of amides is 2. The summed E-state index contributed by atoms with van der Waals surface area (Å²) in [7, 11) is 0. The van der Waals surface area contributed by atoms with Crippen molar-refractivity contribution in [3.63, 3.8) is 0 Å². The Labute approximate surface area is 133 Å². The topological polar surface area (TPSA) is 49.4 Å². The van der Waals surface area contributed by atoms with Crippen LogP contribution in [-0.2, 0) is 4.79 Å². The zero-order valence-corrected chi connectivity index (χ0v) is 13.1. The summed E-state index contributed by atoms with van der Waals surface area (Å²) in [6.07, 6.45) is 2.27. The molecule has 2 fully saturated rings. The van der Waals surface area contributed by atoms with Gasteiger partial charge in [-0.05, 0) is 37.0 Å². The lowest BCUT2D eigenvalue weighted by atomic mass is 9.98. The second-order valence-corrected chi connectivity index (χ2v) is 6.58. The third kappa shape index (κ3) is 3.09. The van der Waals surface area contributed by atoms with Crippen LogP contribution in [0, 0.1) is 17.7 Å². The van der Waals surface area contributed by atoms with Crippen molar-refractivity contribution in [2.45, 2.75) is 25.8 Å². The molecule has 0 spiro atoms. The first-order valence-electron chi connectivity index (χ1n) is 7.47. The van der Waals surface area contributed by atoms with Crippen LogP contribution in [0.2, 0.25) is 5.02 Å². The molecule has 0 bridgehead atoms. The lowest BCUT2D eigenvalue weighted by Gasteiger charge is -2.17. The zero-order valence-electron chi connectivity index (χ0n) is 12.3. The number of carbonyl (C=O) groups is 2. The molecule has 1 saturated heterocycles. The fourth-order valence-corrected chi connectivity index (χ4v) is 3.40. The molecule has 1 aromatic carbocycles. The molecular formula is C16H18ClFN2O2. The second-order valence-electron chi connectivity index (χ2n) is 6.14. The summed E-state index contributed by atoms with van der Waals surface area (Å²) >= 11 is 5.72. The van der Waals surface area contributed by atoms with Gasteiger partial charge in [-0.25, -0.2) is 4.39 Å². The summed E-state index contributed by atoms with van der Waals surface area (Å²) in [4.78, 5) is 25.5. The Hall–Kier alpha value is -1.62. The molecule has 2 atom stereocenters. The van der Waals surface area contributed by atoms with Crippen molar-refractivity contribution >= 4 is 23.4 Å². The van der Waals surface area contributed by atoms with E-state index in [0.717, 1.165) is 18.9 Å². The van der Waals surface area contributed by atoms with Crippen molar-refractivity contribution < 1.29 is 14.0 Å². The highest BCUT2D eigenvalue weighted by Crippen LogP contribution is 2.41. The van der Waals surface area contributed by atoms with Crippen LogP contribution in [0.5, 0.6) is 0 Å². The molecule has 6 heteroatoms. The van der Waals surface area contributed by atoms with Gasteiger partial charge in [0.05, 0.1) is 11.6 Å². The third-order valence-electron chi connectivity index (χ3n) is 4.43. The summed E-state index contributed by atoms with van der Waals surface area (Å²) in [5.74, 6) is -0.216. The Morgan fingerprint density at radius 1 is 1.32 bits per heavy atom. The van der Waals surface area contributed by atoms with E-state index in [4.69, 9.17) is 11.6 Å². The van der Waals surface area contributed by atoms with Crippen LogP contribution in [0.15, 0.2) is 18.2 Å². The number of carbonyl (C=O) groups excluding carboxylic acids is 2. The van der Waals surface area contributed by atoms with E-state index in [-0.39, 0.29) is 34.4 Å². The molecule has 0 aromatic heterocycles. The van der Waals surface area contributed by atoms with Gasteiger partial charge in [-0.15, -0.1) is 0 Å². The minimum Gasteiger partial charge on any atom is -0.351 e. The molecular weight excluding hydrogens is 307 g/mol. The van der Waals surface area contributed by atoms with Gasteiger partial charge < -0.3 is 10.2 Å². The van der Waals surface area contributed by atoms with Crippen molar-refractivity contribution in [1.29, 1.82) is 0 Å². The second kappa shape index (κ2) is 5.88. The minimum atomic E-state index is -0.608. The first-order valence-corrected chi connectivity index (χ1v) is 7.85. The lowest BCUT2D eigenvalue weighted by Crippen LogP contribution is -2.40. The quantitative estimate of drug-likeness (QED) is 0.928. The molecule has 118 valence electrons. The normalized spacial score (nSPS) is 24.4. The molecule has 22 heavy (non-hydrogen) atoms. The number of likely N-dealkylation sites (tertiary alicyclic amines) is 1. The standard InChI is InChI=1S/C16H18ClFN2O2/c1-9(21)19-15-8-20(7-13(15)10-2-3-10)16(22)12-5-4-11(17)6-14(12)18/h4-6,10,13,15H,2-3,7-8H2,1H3,(H,19,21)/t13-,15+/m0/s1. The Morgan fingerprint density at radius 3 is 2.64 bits per heavy atom. The maximum Gasteiger partial charge on any atom is 0.256 e. The van der Waals surface area contributed by atoms with Gasteiger partial charge in [0.1, 0.15) is 5.82 Å². The summed E-state index contributed by atoms with van der Waals surface area (Å²) in [5.41, 5.74) is 0.0300. The van der Waals surface area contributed by atoms with Crippen LogP contribution < -0.4 is 5.32 Å². The predicted molar refractivity (Wildman–Crippen MR) is 81.1 cm³/mol. The number of hydrogen-bond donors (Lipinski definition) is 1. The highest BCUT2D eigenvalue weighted by atomic mass is 35.5.